The van der Waals surface area contributed by atoms with Gasteiger partial charge in [-0.1, -0.05) is 12.2 Å². The molecule has 62 valence electrons. The highest BCUT2D eigenvalue weighted by atomic mass is 16.7. The summed E-state index contributed by atoms with van der Waals surface area (Å²) in [6.07, 6.45) is 6.50. The Morgan fingerprint density at radius 3 is 2.58 bits per heavy atom. The highest BCUT2D eigenvalue weighted by Gasteiger charge is 2.74. The van der Waals surface area contributed by atoms with E-state index in [9.17, 15) is 9.59 Å². The molecular weight excluding hydrogens is 160 g/mol. The molecule has 0 radical (unpaired) electrons. The first-order valence-corrected chi connectivity index (χ1v) is 3.44. The van der Waals surface area contributed by atoms with Crippen molar-refractivity contribution in [1.29, 1.82) is 0 Å². The molecule has 2 rings (SSSR count). The maximum atomic E-state index is 10.7. The highest BCUT2D eigenvalue weighted by molar-refractivity contribution is 5.96. The van der Waals surface area contributed by atoms with E-state index < -0.39 is 17.2 Å². The number of hydrogen-bond donors (Lipinski definition) is 1. The van der Waals surface area contributed by atoms with Crippen molar-refractivity contribution >= 4 is 12.3 Å². The van der Waals surface area contributed by atoms with E-state index in [0.29, 0.717) is 6.29 Å². The number of aliphatic carboxylic acids is 1. The fourth-order valence-electron chi connectivity index (χ4n) is 1.39. The first kappa shape index (κ1) is 7.24. The Morgan fingerprint density at radius 2 is 2.08 bits per heavy atom. The van der Waals surface area contributed by atoms with Crippen LogP contribution in [0.1, 0.15) is 0 Å². The Kier molecular flexibility index (Phi) is 1.11. The van der Waals surface area contributed by atoms with E-state index in [4.69, 9.17) is 9.84 Å². The SMILES string of the molecule is O=CC12C=CC=CC1(C(=O)O)O2. The van der Waals surface area contributed by atoms with E-state index in [1.807, 2.05) is 0 Å². The van der Waals surface area contributed by atoms with Crippen molar-refractivity contribution in [1.82, 2.24) is 0 Å². The van der Waals surface area contributed by atoms with Crippen molar-refractivity contribution in [3.8, 4) is 0 Å². The predicted octanol–water partition coefficient (Wildman–Crippen LogP) is -0.0963. The molecule has 1 aliphatic heterocycles. The van der Waals surface area contributed by atoms with Crippen LogP contribution in [-0.4, -0.2) is 28.6 Å². The second kappa shape index (κ2) is 1.84. The molecule has 0 bridgehead atoms. The topological polar surface area (TPSA) is 66.9 Å². The lowest BCUT2D eigenvalue weighted by atomic mass is 9.90. The van der Waals surface area contributed by atoms with Gasteiger partial charge in [-0.2, -0.15) is 0 Å². The second-order valence-corrected chi connectivity index (χ2v) is 2.77. The molecule has 0 spiro atoms. The van der Waals surface area contributed by atoms with Crippen LogP contribution in [0.2, 0.25) is 0 Å². The number of carboxylic acids is 1. The minimum Gasteiger partial charge on any atom is -0.479 e. The summed E-state index contributed by atoms with van der Waals surface area (Å²) < 4.78 is 4.92. The lowest BCUT2D eigenvalue weighted by molar-refractivity contribution is -0.141. The van der Waals surface area contributed by atoms with Gasteiger partial charge < -0.3 is 9.84 Å². The summed E-state index contributed by atoms with van der Waals surface area (Å²) in [5, 5.41) is 8.77. The van der Waals surface area contributed by atoms with Crippen LogP contribution in [0.4, 0.5) is 0 Å². The fraction of sp³-hybridized carbons (Fsp3) is 0.250. The van der Waals surface area contributed by atoms with Gasteiger partial charge >= 0.3 is 5.97 Å². The molecular formula is C8H6O4. The molecule has 1 saturated heterocycles. The van der Waals surface area contributed by atoms with Gasteiger partial charge in [-0.3, -0.25) is 4.79 Å². The van der Waals surface area contributed by atoms with E-state index in [1.54, 1.807) is 12.2 Å². The molecule has 1 fully saturated rings. The molecule has 4 nitrogen and oxygen atoms in total. The average Bonchev–Trinajstić information content (AvgIpc) is 2.75. The van der Waals surface area contributed by atoms with Crippen LogP contribution in [0.3, 0.4) is 0 Å². The molecule has 4 heteroatoms. The van der Waals surface area contributed by atoms with Gasteiger partial charge in [0.25, 0.3) is 0 Å². The quantitative estimate of drug-likeness (QED) is 0.459. The monoisotopic (exact) mass is 166 g/mol. The summed E-state index contributed by atoms with van der Waals surface area (Å²) in [5.74, 6) is -1.13. The van der Waals surface area contributed by atoms with Crippen LogP contribution in [0.5, 0.6) is 0 Å². The van der Waals surface area contributed by atoms with Gasteiger partial charge in [0.1, 0.15) is 0 Å². The molecule has 1 N–H and O–H groups in total. The number of allylic oxidation sites excluding steroid dienone is 2. The minimum absolute atomic E-state index is 0.515. The zero-order valence-corrected chi connectivity index (χ0v) is 6.06. The lowest BCUT2D eigenvalue weighted by Gasteiger charge is -2.05. The van der Waals surface area contributed by atoms with Crippen LogP contribution >= 0.6 is 0 Å². The summed E-state index contributed by atoms with van der Waals surface area (Å²) >= 11 is 0. The first-order chi connectivity index (χ1) is 5.67. The van der Waals surface area contributed by atoms with Crippen molar-refractivity contribution in [2.75, 3.05) is 0 Å². The Morgan fingerprint density at radius 1 is 1.42 bits per heavy atom. The molecule has 0 aromatic carbocycles. The molecule has 2 atom stereocenters. The minimum atomic E-state index is -1.43. The molecule has 2 unspecified atom stereocenters. The fourth-order valence-corrected chi connectivity index (χ4v) is 1.39. The number of carboxylic acid groups (broad SMARTS) is 1. The van der Waals surface area contributed by atoms with Crippen molar-refractivity contribution in [3.63, 3.8) is 0 Å². The Balaban J connectivity index is 2.44. The van der Waals surface area contributed by atoms with E-state index >= 15 is 0 Å². The molecule has 0 aromatic rings. The summed E-state index contributed by atoms with van der Waals surface area (Å²) in [4.78, 5) is 21.3. The number of rotatable bonds is 2. The third kappa shape index (κ3) is 0.563. The van der Waals surface area contributed by atoms with Crippen LogP contribution in [0, 0.1) is 0 Å². The molecule has 0 saturated carbocycles. The van der Waals surface area contributed by atoms with Crippen LogP contribution in [-0.2, 0) is 14.3 Å². The number of hydrogen-bond acceptors (Lipinski definition) is 3. The molecule has 0 aromatic heterocycles. The third-order valence-electron chi connectivity index (χ3n) is 2.15. The van der Waals surface area contributed by atoms with Gasteiger partial charge in [-0.25, -0.2) is 4.79 Å². The zero-order chi connectivity index (χ0) is 8.82. The molecule has 1 heterocycles. The summed E-state index contributed by atoms with van der Waals surface area (Å²) in [6, 6.07) is 0. The second-order valence-electron chi connectivity index (χ2n) is 2.77. The van der Waals surface area contributed by atoms with E-state index in [1.165, 1.54) is 12.2 Å². The summed E-state index contributed by atoms with van der Waals surface area (Å²) in [5.41, 5.74) is -2.67. The van der Waals surface area contributed by atoms with Gasteiger partial charge in [-0.15, -0.1) is 0 Å². The average molecular weight is 166 g/mol. The smallest absolute Gasteiger partial charge is 0.344 e. The van der Waals surface area contributed by atoms with E-state index in [2.05, 4.69) is 0 Å². The number of epoxide rings is 1. The molecule has 0 amide bonds. The van der Waals surface area contributed by atoms with Gasteiger partial charge in [0.05, 0.1) is 0 Å². The summed E-state index contributed by atoms with van der Waals surface area (Å²) in [6.45, 7) is 0. The van der Waals surface area contributed by atoms with Crippen molar-refractivity contribution in [3.05, 3.63) is 24.3 Å². The normalized spacial score (nSPS) is 42.0. The van der Waals surface area contributed by atoms with Gasteiger partial charge in [0, 0.05) is 0 Å². The lowest BCUT2D eigenvalue weighted by Crippen LogP contribution is -2.33. The number of carbonyl (C=O) groups excluding carboxylic acids is 1. The Hall–Kier alpha value is -1.42. The maximum absolute atomic E-state index is 10.7. The standard InChI is InChI=1S/C8H6O4/c9-5-7-3-1-2-4-8(7,12-7)6(10)11/h1-5H,(H,10,11). The Bertz CT molecular complexity index is 317. The zero-order valence-electron chi connectivity index (χ0n) is 6.06. The Labute approximate surface area is 68.1 Å². The number of carbonyl (C=O) groups is 2. The molecule has 2 aliphatic rings. The summed E-state index contributed by atoms with van der Waals surface area (Å²) in [7, 11) is 0. The van der Waals surface area contributed by atoms with Gasteiger partial charge in [0.15, 0.2) is 11.9 Å². The van der Waals surface area contributed by atoms with E-state index in [-0.39, 0.29) is 0 Å². The van der Waals surface area contributed by atoms with Gasteiger partial charge in [0.2, 0.25) is 5.60 Å². The van der Waals surface area contributed by atoms with Crippen molar-refractivity contribution in [2.24, 2.45) is 0 Å². The largest absolute Gasteiger partial charge is 0.479 e. The molecule has 1 aliphatic carbocycles. The van der Waals surface area contributed by atoms with Crippen molar-refractivity contribution < 1.29 is 19.4 Å². The first-order valence-electron chi connectivity index (χ1n) is 3.44. The predicted molar refractivity (Wildman–Crippen MR) is 38.5 cm³/mol. The number of fused-ring (bicyclic) bond motifs is 1. The van der Waals surface area contributed by atoms with Crippen LogP contribution in [0.25, 0.3) is 0 Å². The van der Waals surface area contributed by atoms with Crippen LogP contribution < -0.4 is 0 Å². The van der Waals surface area contributed by atoms with E-state index in [0.717, 1.165) is 0 Å². The molecule has 12 heavy (non-hydrogen) atoms. The third-order valence-corrected chi connectivity index (χ3v) is 2.15. The van der Waals surface area contributed by atoms with Crippen molar-refractivity contribution in [2.45, 2.75) is 11.2 Å². The maximum Gasteiger partial charge on any atom is 0.344 e. The number of aldehydes is 1. The van der Waals surface area contributed by atoms with Gasteiger partial charge in [-0.05, 0) is 12.2 Å². The highest BCUT2D eigenvalue weighted by Crippen LogP contribution is 2.50. The van der Waals surface area contributed by atoms with Crippen LogP contribution in [0.15, 0.2) is 24.3 Å². The number of ether oxygens (including phenoxy) is 1.